The van der Waals surface area contributed by atoms with Crippen LogP contribution in [0, 0.1) is 0 Å². The third-order valence-corrected chi connectivity index (χ3v) is 6.99. The van der Waals surface area contributed by atoms with E-state index in [0.29, 0.717) is 36.6 Å². The summed E-state index contributed by atoms with van der Waals surface area (Å²) in [4.78, 5) is 20.4. The zero-order valence-corrected chi connectivity index (χ0v) is 25.3. The van der Waals surface area contributed by atoms with Crippen LogP contribution in [-0.2, 0) is 9.53 Å². The molecule has 1 fully saturated rings. The second-order valence-electron chi connectivity index (χ2n) is 10.6. The Bertz CT molecular complexity index is 1460. The number of rotatable bonds is 14. The first-order chi connectivity index (χ1) is 22.9. The van der Waals surface area contributed by atoms with E-state index in [0.717, 1.165) is 38.5 Å². The van der Waals surface area contributed by atoms with Crippen LogP contribution < -0.4 is 14.2 Å². The normalized spacial score (nSPS) is 19.7. The van der Waals surface area contributed by atoms with Crippen LogP contribution in [0.3, 0.4) is 0 Å². The average molecular weight is 749 g/mol. The van der Waals surface area contributed by atoms with Crippen molar-refractivity contribution in [2.24, 2.45) is 0 Å². The summed E-state index contributed by atoms with van der Waals surface area (Å²) in [6.07, 6.45) is -15.6. The number of unbranched alkanes of at least 4 members (excludes halogenated alkanes) is 5. The van der Waals surface area contributed by atoms with Gasteiger partial charge < -0.3 is 14.2 Å². The molecule has 21 heteroatoms. The van der Waals surface area contributed by atoms with Crippen molar-refractivity contribution >= 4 is 11.9 Å². The molecule has 50 heavy (non-hydrogen) atoms. The Hall–Kier alpha value is -3.88. The molecule has 280 valence electrons. The SMILES string of the molecule is CCCCCCCCOc1ccc(C(=O)Oc2ccc(OC(=O)[C@](F)(C(F)(F)F)C(F)(F)N3C(F)(F)C(F)(F)OC(F)(F)C3(F)F)cc2)cc1. The molecule has 0 aromatic heterocycles. The molecule has 0 aliphatic carbocycles. The van der Waals surface area contributed by atoms with Crippen molar-refractivity contribution < 1.29 is 90.0 Å². The highest BCUT2D eigenvalue weighted by atomic mass is 19.4. The van der Waals surface area contributed by atoms with Crippen molar-refractivity contribution in [2.75, 3.05) is 6.61 Å². The molecule has 0 spiro atoms. The summed E-state index contributed by atoms with van der Waals surface area (Å²) in [6, 6.07) is -15.6. The lowest BCUT2D eigenvalue weighted by molar-refractivity contribution is -0.592. The van der Waals surface area contributed by atoms with Gasteiger partial charge in [-0.2, -0.15) is 57.1 Å². The van der Waals surface area contributed by atoms with E-state index in [2.05, 4.69) is 11.7 Å². The summed E-state index contributed by atoms with van der Waals surface area (Å²) in [5, 5.41) is 0. The third kappa shape index (κ3) is 7.71. The van der Waals surface area contributed by atoms with Crippen molar-refractivity contribution in [1.29, 1.82) is 0 Å². The number of hydrogen-bond donors (Lipinski definition) is 0. The highest BCUT2D eigenvalue weighted by Crippen LogP contribution is 2.62. The largest absolute Gasteiger partial charge is 0.494 e. The van der Waals surface area contributed by atoms with Crippen molar-refractivity contribution in [3.05, 3.63) is 54.1 Å². The van der Waals surface area contributed by atoms with Gasteiger partial charge in [-0.05, 0) is 55.0 Å². The quantitative estimate of drug-likeness (QED) is 0.0628. The minimum atomic E-state index is -7.95. The summed E-state index contributed by atoms with van der Waals surface area (Å²) in [7, 11) is 0. The summed E-state index contributed by atoms with van der Waals surface area (Å²) in [5.41, 5.74) is -7.50. The van der Waals surface area contributed by atoms with Crippen molar-refractivity contribution in [2.45, 2.75) is 87.7 Å². The Morgan fingerprint density at radius 2 is 1.10 bits per heavy atom. The fraction of sp³-hybridized carbons (Fsp3) is 0.517. The number of benzene rings is 2. The zero-order valence-electron chi connectivity index (χ0n) is 25.3. The maximum Gasteiger partial charge on any atom is 0.441 e. The number of halogens is 14. The van der Waals surface area contributed by atoms with Crippen LogP contribution >= 0.6 is 0 Å². The Labute approximate surface area is 273 Å². The van der Waals surface area contributed by atoms with Gasteiger partial charge in [-0.3, -0.25) is 0 Å². The molecular formula is C29H25F14NO6. The van der Waals surface area contributed by atoms with Crippen LogP contribution in [0.4, 0.5) is 61.5 Å². The zero-order chi connectivity index (χ0) is 38.0. The average Bonchev–Trinajstić information content (AvgIpc) is 2.99. The number of morpholine rings is 1. The third-order valence-electron chi connectivity index (χ3n) is 6.99. The van der Waals surface area contributed by atoms with Crippen LogP contribution in [0.15, 0.2) is 48.5 Å². The topological polar surface area (TPSA) is 74.3 Å². The number of hydrogen-bond acceptors (Lipinski definition) is 7. The van der Waals surface area contributed by atoms with E-state index >= 15 is 4.39 Å². The molecule has 0 saturated carbocycles. The lowest BCUT2D eigenvalue weighted by atomic mass is 9.99. The maximum absolute atomic E-state index is 15.1. The van der Waals surface area contributed by atoms with E-state index in [4.69, 9.17) is 9.47 Å². The van der Waals surface area contributed by atoms with Gasteiger partial charge in [0.25, 0.3) is 0 Å². The molecule has 0 bridgehead atoms. The second kappa shape index (κ2) is 14.4. The number of nitrogens with zero attached hydrogens (tertiary/aromatic N) is 1. The van der Waals surface area contributed by atoms with E-state index in [-0.39, 0.29) is 5.56 Å². The number of alkyl halides is 14. The number of carbonyl (C=O) groups excluding carboxylic acids is 2. The minimum Gasteiger partial charge on any atom is -0.494 e. The Kier molecular flexibility index (Phi) is 11.7. The van der Waals surface area contributed by atoms with Crippen molar-refractivity contribution in [3.63, 3.8) is 0 Å². The van der Waals surface area contributed by atoms with Crippen LogP contribution in [0.1, 0.15) is 55.8 Å². The molecule has 0 unspecified atom stereocenters. The molecule has 2 aromatic rings. The molecule has 2 aromatic carbocycles. The molecule has 3 rings (SSSR count). The van der Waals surface area contributed by atoms with E-state index < -0.39 is 70.5 Å². The first-order valence-electron chi connectivity index (χ1n) is 14.3. The smallest absolute Gasteiger partial charge is 0.441 e. The molecule has 1 aliphatic heterocycles. The Balaban J connectivity index is 1.75. The number of ether oxygens (including phenoxy) is 4. The molecule has 0 N–H and O–H groups in total. The van der Waals surface area contributed by atoms with Gasteiger partial charge >= 0.3 is 54.1 Å². The maximum atomic E-state index is 15.1. The first-order valence-corrected chi connectivity index (χ1v) is 14.3. The first kappa shape index (κ1) is 40.5. The fourth-order valence-electron chi connectivity index (χ4n) is 4.31. The van der Waals surface area contributed by atoms with Gasteiger partial charge in [0.05, 0.1) is 12.2 Å². The number of carbonyl (C=O) groups is 2. The van der Waals surface area contributed by atoms with Gasteiger partial charge in [-0.15, -0.1) is 4.90 Å². The molecule has 0 amide bonds. The van der Waals surface area contributed by atoms with Gasteiger partial charge in [0, 0.05) is 0 Å². The minimum absolute atomic E-state index is 0.0603. The van der Waals surface area contributed by atoms with Gasteiger partial charge in [-0.25, -0.2) is 18.7 Å². The molecule has 1 saturated heterocycles. The predicted molar refractivity (Wildman–Crippen MR) is 140 cm³/mol. The van der Waals surface area contributed by atoms with E-state index in [9.17, 15) is 66.7 Å². The highest BCUT2D eigenvalue weighted by molar-refractivity contribution is 5.91. The second-order valence-corrected chi connectivity index (χ2v) is 10.6. The van der Waals surface area contributed by atoms with Crippen LogP contribution in [0.5, 0.6) is 17.2 Å². The Morgan fingerprint density at radius 1 is 0.660 bits per heavy atom. The van der Waals surface area contributed by atoms with Crippen LogP contribution in [0.25, 0.3) is 0 Å². The van der Waals surface area contributed by atoms with Gasteiger partial charge in [0.1, 0.15) is 17.2 Å². The lowest BCUT2D eigenvalue weighted by Gasteiger charge is -2.51. The molecular weight excluding hydrogens is 724 g/mol. The Morgan fingerprint density at radius 3 is 1.58 bits per heavy atom. The van der Waals surface area contributed by atoms with E-state index in [1.165, 1.54) is 24.3 Å². The van der Waals surface area contributed by atoms with Gasteiger partial charge in [-0.1, -0.05) is 39.0 Å². The van der Waals surface area contributed by atoms with Crippen LogP contribution in [-0.4, -0.2) is 65.6 Å². The van der Waals surface area contributed by atoms with Crippen LogP contribution in [0.2, 0.25) is 0 Å². The van der Waals surface area contributed by atoms with Crippen molar-refractivity contribution in [3.8, 4) is 17.2 Å². The molecule has 1 aliphatic rings. The summed E-state index contributed by atoms with van der Waals surface area (Å²) < 4.78 is 211. The van der Waals surface area contributed by atoms with Gasteiger partial charge in [0.2, 0.25) is 0 Å². The molecule has 7 nitrogen and oxygen atoms in total. The highest BCUT2D eigenvalue weighted by Gasteiger charge is 2.93. The molecule has 1 heterocycles. The summed E-state index contributed by atoms with van der Waals surface area (Å²) >= 11 is 0. The molecule has 0 radical (unpaired) electrons. The summed E-state index contributed by atoms with van der Waals surface area (Å²) in [5.74, 6) is -6.48. The van der Waals surface area contributed by atoms with Gasteiger partial charge in [0.15, 0.2) is 0 Å². The standard InChI is InChI=1S/C29H25F14NO6/c1-2-3-4-5-6-7-16-47-18-10-8-17(9-11-18)21(45)48-19-12-14-20(15-13-19)49-22(46)23(30,24(31,32)33)25(34,35)44-26(36,37)28(40,41)50-29(42,43)27(44,38)39/h8-15H,2-7,16H2,1H3/t23-/m0/s1. The van der Waals surface area contributed by atoms with E-state index in [1.54, 1.807) is 0 Å². The monoisotopic (exact) mass is 749 g/mol. The van der Waals surface area contributed by atoms with E-state index in [1.807, 2.05) is 4.74 Å². The molecule has 1 atom stereocenters. The summed E-state index contributed by atoms with van der Waals surface area (Å²) in [6.45, 7) is 2.50. The fourth-order valence-corrected chi connectivity index (χ4v) is 4.31. The number of esters is 2. The lowest BCUT2D eigenvalue weighted by Crippen LogP contribution is -2.82. The predicted octanol–water partition coefficient (Wildman–Crippen LogP) is 9.12. The van der Waals surface area contributed by atoms with Crippen molar-refractivity contribution in [1.82, 2.24) is 4.90 Å².